The second-order valence-electron chi connectivity index (χ2n) is 4.55. The lowest BCUT2D eigenvalue weighted by molar-refractivity contribution is 0.202. The van der Waals surface area contributed by atoms with Gasteiger partial charge in [-0.05, 0) is 41.3 Å². The molecule has 106 valence electrons. The Hall–Kier alpha value is -0.350. The van der Waals surface area contributed by atoms with Crippen molar-refractivity contribution in [1.29, 1.82) is 0 Å². The number of alkyl halides is 1. The zero-order valence-corrected chi connectivity index (χ0v) is 15.0. The van der Waals surface area contributed by atoms with Gasteiger partial charge in [0.2, 0.25) is 0 Å². The molecule has 0 amide bonds. The molecule has 2 aromatic rings. The molecular weight excluding hydrogens is 403 g/mol. The number of benzene rings is 2. The summed E-state index contributed by atoms with van der Waals surface area (Å²) in [6.45, 7) is 0.748. The normalized spacial score (nSPS) is 12.4. The van der Waals surface area contributed by atoms with E-state index in [1.54, 1.807) is 7.11 Å². The van der Waals surface area contributed by atoms with Crippen molar-refractivity contribution in [2.24, 2.45) is 0 Å². The van der Waals surface area contributed by atoms with Crippen LogP contribution in [0.25, 0.3) is 0 Å². The van der Waals surface area contributed by atoms with Crippen molar-refractivity contribution in [3.8, 4) is 0 Å². The summed E-state index contributed by atoms with van der Waals surface area (Å²) < 4.78 is 6.08. The Morgan fingerprint density at radius 2 is 1.80 bits per heavy atom. The molecule has 0 saturated heterocycles. The summed E-state index contributed by atoms with van der Waals surface area (Å²) in [5.74, 6) is 0. The molecule has 0 aromatic heterocycles. The first-order valence-electron chi connectivity index (χ1n) is 6.28. The molecular formula is C16H15Br2ClO. The van der Waals surface area contributed by atoms with Crippen LogP contribution in [-0.4, -0.2) is 13.7 Å². The van der Waals surface area contributed by atoms with Gasteiger partial charge in [0.1, 0.15) is 0 Å². The number of hydrogen-bond donors (Lipinski definition) is 0. The standard InChI is InChI=1S/C16H15Br2ClO/c1-20-7-6-11-2-4-12(5-3-11)16(18)13-8-14(17)10-15(19)9-13/h2-5,8-10,16H,6-7H2,1H3. The van der Waals surface area contributed by atoms with Gasteiger partial charge < -0.3 is 4.74 Å². The maximum atomic E-state index is 6.10. The van der Waals surface area contributed by atoms with E-state index in [0.29, 0.717) is 0 Å². The van der Waals surface area contributed by atoms with Gasteiger partial charge in [0.05, 0.1) is 11.4 Å². The highest BCUT2D eigenvalue weighted by Gasteiger charge is 2.11. The molecule has 1 unspecified atom stereocenters. The quantitative estimate of drug-likeness (QED) is 0.560. The first-order valence-corrected chi connectivity index (χ1v) is 8.36. The highest BCUT2D eigenvalue weighted by Crippen LogP contribution is 2.34. The molecule has 0 bridgehead atoms. The molecule has 1 nitrogen and oxygen atoms in total. The molecule has 2 aromatic carbocycles. The molecule has 0 radical (unpaired) electrons. The minimum absolute atomic E-state index is 0.133. The van der Waals surface area contributed by atoms with Gasteiger partial charge in [-0.2, -0.15) is 0 Å². The van der Waals surface area contributed by atoms with Gasteiger partial charge >= 0.3 is 0 Å². The molecule has 4 heteroatoms. The molecule has 20 heavy (non-hydrogen) atoms. The molecule has 1 atom stereocenters. The van der Waals surface area contributed by atoms with E-state index < -0.39 is 0 Å². The maximum absolute atomic E-state index is 6.10. The lowest BCUT2D eigenvalue weighted by Crippen LogP contribution is -1.96. The summed E-state index contributed by atoms with van der Waals surface area (Å²) in [5, 5.41) is 0.732. The van der Waals surface area contributed by atoms with Crippen LogP contribution < -0.4 is 0 Å². The van der Waals surface area contributed by atoms with E-state index in [0.717, 1.165) is 28.1 Å². The van der Waals surface area contributed by atoms with Crippen molar-refractivity contribution in [3.05, 3.63) is 68.7 Å². The fourth-order valence-electron chi connectivity index (χ4n) is 1.99. The summed E-state index contributed by atoms with van der Waals surface area (Å²) in [6, 6.07) is 14.5. The highest BCUT2D eigenvalue weighted by molar-refractivity contribution is 9.10. The minimum atomic E-state index is 0.133. The van der Waals surface area contributed by atoms with Crippen LogP contribution in [0, 0.1) is 0 Å². The van der Waals surface area contributed by atoms with Crippen molar-refractivity contribution >= 4 is 43.5 Å². The number of halogens is 3. The van der Waals surface area contributed by atoms with E-state index >= 15 is 0 Å². The van der Waals surface area contributed by atoms with Gasteiger partial charge in [0.25, 0.3) is 0 Å². The van der Waals surface area contributed by atoms with E-state index in [4.69, 9.17) is 16.3 Å². The van der Waals surface area contributed by atoms with Gasteiger partial charge in [0.15, 0.2) is 0 Å². The number of rotatable bonds is 5. The fraction of sp³-hybridized carbons (Fsp3) is 0.250. The molecule has 0 aliphatic carbocycles. The fourth-order valence-corrected chi connectivity index (χ4v) is 3.44. The second kappa shape index (κ2) is 7.60. The third-order valence-electron chi connectivity index (χ3n) is 3.04. The average molecular weight is 419 g/mol. The van der Waals surface area contributed by atoms with E-state index in [1.165, 1.54) is 11.1 Å². The minimum Gasteiger partial charge on any atom is -0.384 e. The Morgan fingerprint density at radius 1 is 1.10 bits per heavy atom. The van der Waals surface area contributed by atoms with Crippen molar-refractivity contribution in [2.75, 3.05) is 13.7 Å². The molecule has 2 rings (SSSR count). The number of ether oxygens (including phenoxy) is 1. The average Bonchev–Trinajstić information content (AvgIpc) is 2.44. The van der Waals surface area contributed by atoms with Crippen LogP contribution in [0.3, 0.4) is 0 Å². The van der Waals surface area contributed by atoms with Crippen molar-refractivity contribution < 1.29 is 4.74 Å². The Kier molecular flexibility index (Phi) is 6.09. The Morgan fingerprint density at radius 3 is 2.40 bits per heavy atom. The van der Waals surface area contributed by atoms with Crippen LogP contribution >= 0.6 is 43.5 Å². The highest BCUT2D eigenvalue weighted by atomic mass is 79.9. The number of methoxy groups -OCH3 is 1. The van der Waals surface area contributed by atoms with Gasteiger partial charge in [-0.25, -0.2) is 0 Å². The third-order valence-corrected chi connectivity index (χ3v) is 4.78. The van der Waals surface area contributed by atoms with Crippen LogP contribution in [0.4, 0.5) is 0 Å². The first kappa shape index (κ1) is 16.0. The lowest BCUT2D eigenvalue weighted by Gasteiger charge is -2.12. The topological polar surface area (TPSA) is 9.23 Å². The summed E-state index contributed by atoms with van der Waals surface area (Å²) in [5.41, 5.74) is 3.62. The smallest absolute Gasteiger partial charge is 0.0645 e. The van der Waals surface area contributed by atoms with Gasteiger partial charge in [-0.15, -0.1) is 0 Å². The summed E-state index contributed by atoms with van der Waals surface area (Å²) in [6.07, 6.45) is 0.937. The summed E-state index contributed by atoms with van der Waals surface area (Å²) in [4.78, 5) is 0.133. The van der Waals surface area contributed by atoms with Crippen LogP contribution in [0.5, 0.6) is 0 Å². The predicted molar refractivity (Wildman–Crippen MR) is 91.9 cm³/mol. The van der Waals surface area contributed by atoms with Crippen LogP contribution in [0.15, 0.2) is 46.9 Å². The SMILES string of the molecule is COCCc1ccc(C(Br)c2cc(Cl)cc(Br)c2)cc1. The number of hydrogen-bond acceptors (Lipinski definition) is 1. The zero-order valence-electron chi connectivity index (χ0n) is 11.1. The summed E-state index contributed by atoms with van der Waals surface area (Å²) >= 11 is 13.3. The van der Waals surface area contributed by atoms with Crippen LogP contribution in [0.2, 0.25) is 5.02 Å². The van der Waals surface area contributed by atoms with Crippen molar-refractivity contribution in [2.45, 2.75) is 11.2 Å². The van der Waals surface area contributed by atoms with Crippen molar-refractivity contribution in [3.63, 3.8) is 0 Å². The Balaban J connectivity index is 2.17. The predicted octanol–water partition coefficient (Wildman–Crippen LogP) is 5.78. The van der Waals surface area contributed by atoms with Gasteiger partial charge in [0, 0.05) is 16.6 Å². The molecule has 0 aliphatic heterocycles. The molecule has 0 heterocycles. The van der Waals surface area contributed by atoms with E-state index in [1.807, 2.05) is 12.1 Å². The summed E-state index contributed by atoms with van der Waals surface area (Å²) in [7, 11) is 1.72. The molecule has 0 fully saturated rings. The van der Waals surface area contributed by atoms with Crippen molar-refractivity contribution in [1.82, 2.24) is 0 Å². The monoisotopic (exact) mass is 416 g/mol. The van der Waals surface area contributed by atoms with Crippen LogP contribution in [-0.2, 0) is 11.2 Å². The van der Waals surface area contributed by atoms with E-state index in [-0.39, 0.29) is 4.83 Å². The Labute approximate surface area is 141 Å². The van der Waals surface area contributed by atoms with Gasteiger partial charge in [-0.1, -0.05) is 67.7 Å². The molecule has 0 saturated carbocycles. The van der Waals surface area contributed by atoms with E-state index in [2.05, 4.69) is 62.2 Å². The largest absolute Gasteiger partial charge is 0.384 e. The maximum Gasteiger partial charge on any atom is 0.0645 e. The zero-order chi connectivity index (χ0) is 14.5. The Bertz CT molecular complexity index is 549. The molecule has 0 N–H and O–H groups in total. The molecule has 0 aliphatic rings. The third kappa shape index (κ3) is 4.32. The second-order valence-corrected chi connectivity index (χ2v) is 6.82. The van der Waals surface area contributed by atoms with Crippen LogP contribution in [0.1, 0.15) is 21.5 Å². The van der Waals surface area contributed by atoms with E-state index in [9.17, 15) is 0 Å². The van der Waals surface area contributed by atoms with Gasteiger partial charge in [-0.3, -0.25) is 0 Å². The first-order chi connectivity index (χ1) is 9.60. The lowest BCUT2D eigenvalue weighted by atomic mass is 10.0. The molecule has 0 spiro atoms.